The van der Waals surface area contributed by atoms with E-state index in [9.17, 15) is 13.6 Å². The number of hydrogen-bond donors (Lipinski definition) is 2. The van der Waals surface area contributed by atoms with Crippen LogP contribution in [0, 0.1) is 17.6 Å². The monoisotopic (exact) mass is 284 g/mol. The van der Waals surface area contributed by atoms with Crippen molar-refractivity contribution in [2.75, 3.05) is 6.54 Å². The van der Waals surface area contributed by atoms with Crippen LogP contribution in [0.15, 0.2) is 18.2 Å². The SMILES string of the molecule is CC(C)CNC(=O)C(C)NC(C)c1ccc(F)cc1F. The van der Waals surface area contributed by atoms with Gasteiger partial charge in [-0.1, -0.05) is 19.9 Å². The normalized spacial score (nSPS) is 14.2. The standard InChI is InChI=1S/C15H22F2N2O/c1-9(2)8-18-15(20)11(4)19-10(3)13-6-5-12(16)7-14(13)17/h5-7,9-11,19H,8H2,1-4H3,(H,18,20). The van der Waals surface area contributed by atoms with E-state index in [0.29, 0.717) is 18.0 Å². The second kappa shape index (κ2) is 7.33. The van der Waals surface area contributed by atoms with Gasteiger partial charge in [-0.2, -0.15) is 0 Å². The molecule has 5 heteroatoms. The minimum absolute atomic E-state index is 0.131. The Kier molecular flexibility index (Phi) is 6.07. The molecule has 0 spiro atoms. The van der Waals surface area contributed by atoms with Crippen LogP contribution in [0.5, 0.6) is 0 Å². The number of amides is 1. The van der Waals surface area contributed by atoms with Crippen molar-refractivity contribution in [3.05, 3.63) is 35.4 Å². The molecule has 3 nitrogen and oxygen atoms in total. The summed E-state index contributed by atoms with van der Waals surface area (Å²) in [4.78, 5) is 11.8. The highest BCUT2D eigenvalue weighted by atomic mass is 19.1. The molecule has 1 aromatic carbocycles. The summed E-state index contributed by atoms with van der Waals surface area (Å²) in [7, 11) is 0. The Balaban J connectivity index is 2.60. The molecule has 0 radical (unpaired) electrons. The quantitative estimate of drug-likeness (QED) is 0.843. The van der Waals surface area contributed by atoms with Gasteiger partial charge in [0, 0.05) is 24.2 Å². The fraction of sp³-hybridized carbons (Fsp3) is 0.533. The molecule has 0 saturated heterocycles. The van der Waals surface area contributed by atoms with Gasteiger partial charge in [-0.25, -0.2) is 8.78 Å². The van der Waals surface area contributed by atoms with Crippen LogP contribution in [0.3, 0.4) is 0 Å². The van der Waals surface area contributed by atoms with Crippen molar-refractivity contribution in [3.63, 3.8) is 0 Å². The van der Waals surface area contributed by atoms with E-state index in [1.165, 1.54) is 12.1 Å². The van der Waals surface area contributed by atoms with Crippen LogP contribution < -0.4 is 10.6 Å². The Hall–Kier alpha value is -1.49. The van der Waals surface area contributed by atoms with Crippen LogP contribution in [-0.4, -0.2) is 18.5 Å². The summed E-state index contributed by atoms with van der Waals surface area (Å²) in [5, 5.41) is 5.81. The highest BCUT2D eigenvalue weighted by Gasteiger charge is 2.18. The molecule has 1 amide bonds. The van der Waals surface area contributed by atoms with Gasteiger partial charge in [0.15, 0.2) is 0 Å². The smallest absolute Gasteiger partial charge is 0.236 e. The molecule has 0 saturated carbocycles. The zero-order valence-corrected chi connectivity index (χ0v) is 12.3. The van der Waals surface area contributed by atoms with E-state index in [1.807, 2.05) is 13.8 Å². The summed E-state index contributed by atoms with van der Waals surface area (Å²) >= 11 is 0. The lowest BCUT2D eigenvalue weighted by molar-refractivity contribution is -0.123. The first kappa shape index (κ1) is 16.6. The number of halogens is 2. The molecule has 0 heterocycles. The zero-order valence-electron chi connectivity index (χ0n) is 12.3. The largest absolute Gasteiger partial charge is 0.354 e. The van der Waals surface area contributed by atoms with Gasteiger partial charge in [0.25, 0.3) is 0 Å². The molecule has 2 unspecified atom stereocenters. The molecule has 0 aliphatic heterocycles. The van der Waals surface area contributed by atoms with Crippen molar-refractivity contribution < 1.29 is 13.6 Å². The van der Waals surface area contributed by atoms with Crippen LogP contribution in [0.4, 0.5) is 8.78 Å². The number of nitrogens with one attached hydrogen (secondary N) is 2. The topological polar surface area (TPSA) is 41.1 Å². The molecular weight excluding hydrogens is 262 g/mol. The summed E-state index contributed by atoms with van der Waals surface area (Å²) in [6, 6.07) is 2.61. The second-order valence-corrected chi connectivity index (χ2v) is 5.41. The molecule has 20 heavy (non-hydrogen) atoms. The minimum atomic E-state index is -0.611. The third-order valence-corrected chi connectivity index (χ3v) is 3.01. The lowest BCUT2D eigenvalue weighted by atomic mass is 10.1. The molecule has 0 aliphatic rings. The van der Waals surface area contributed by atoms with Crippen LogP contribution in [-0.2, 0) is 4.79 Å². The third-order valence-electron chi connectivity index (χ3n) is 3.01. The summed E-state index contributed by atoms with van der Waals surface area (Å²) in [6.07, 6.45) is 0. The summed E-state index contributed by atoms with van der Waals surface area (Å²) in [5.74, 6) is -0.979. The first-order chi connectivity index (χ1) is 9.31. The Morgan fingerprint density at radius 3 is 2.40 bits per heavy atom. The fourth-order valence-corrected chi connectivity index (χ4v) is 1.85. The van der Waals surface area contributed by atoms with Crippen LogP contribution >= 0.6 is 0 Å². The number of carbonyl (C=O) groups excluding carboxylic acids is 1. The number of hydrogen-bond acceptors (Lipinski definition) is 2. The molecular formula is C15H22F2N2O. The predicted octanol–water partition coefficient (Wildman–Crippen LogP) is 2.78. The summed E-state index contributed by atoms with van der Waals surface area (Å²) in [5.41, 5.74) is 0.343. The van der Waals surface area contributed by atoms with Gasteiger partial charge in [0.1, 0.15) is 11.6 Å². The van der Waals surface area contributed by atoms with Crippen LogP contribution in [0.2, 0.25) is 0 Å². The van der Waals surface area contributed by atoms with Crippen molar-refractivity contribution in [3.8, 4) is 0 Å². The molecule has 0 fully saturated rings. The van der Waals surface area contributed by atoms with Crippen molar-refractivity contribution >= 4 is 5.91 Å². The Bertz CT molecular complexity index is 463. The number of benzene rings is 1. The van der Waals surface area contributed by atoms with Crippen LogP contribution in [0.25, 0.3) is 0 Å². The van der Waals surface area contributed by atoms with Crippen molar-refractivity contribution in [1.82, 2.24) is 10.6 Å². The van der Waals surface area contributed by atoms with E-state index in [-0.39, 0.29) is 11.9 Å². The molecule has 112 valence electrons. The van der Waals surface area contributed by atoms with Gasteiger partial charge in [-0.15, -0.1) is 0 Å². The third kappa shape index (κ3) is 4.89. The molecule has 0 bridgehead atoms. The molecule has 0 aromatic heterocycles. The maximum absolute atomic E-state index is 13.6. The van der Waals surface area contributed by atoms with Gasteiger partial charge >= 0.3 is 0 Å². The minimum Gasteiger partial charge on any atom is -0.354 e. The first-order valence-corrected chi connectivity index (χ1v) is 6.80. The van der Waals surface area contributed by atoms with E-state index in [4.69, 9.17) is 0 Å². The van der Waals surface area contributed by atoms with Gasteiger partial charge in [-0.3, -0.25) is 10.1 Å². The van der Waals surface area contributed by atoms with Gasteiger partial charge in [-0.05, 0) is 25.8 Å². The molecule has 1 rings (SSSR count). The van der Waals surface area contributed by atoms with Crippen molar-refractivity contribution in [2.24, 2.45) is 5.92 Å². The first-order valence-electron chi connectivity index (χ1n) is 6.80. The summed E-state index contributed by atoms with van der Waals surface area (Å²) < 4.78 is 26.5. The van der Waals surface area contributed by atoms with Gasteiger partial charge in [0.05, 0.1) is 6.04 Å². The van der Waals surface area contributed by atoms with Crippen molar-refractivity contribution in [2.45, 2.75) is 39.8 Å². The number of rotatable bonds is 6. The Morgan fingerprint density at radius 1 is 1.20 bits per heavy atom. The van der Waals surface area contributed by atoms with Crippen molar-refractivity contribution in [1.29, 1.82) is 0 Å². The van der Waals surface area contributed by atoms with E-state index in [1.54, 1.807) is 13.8 Å². The molecule has 2 atom stereocenters. The maximum atomic E-state index is 13.6. The average molecular weight is 284 g/mol. The van der Waals surface area contributed by atoms with Crippen LogP contribution in [0.1, 0.15) is 39.3 Å². The number of carbonyl (C=O) groups is 1. The van der Waals surface area contributed by atoms with Gasteiger partial charge < -0.3 is 5.32 Å². The maximum Gasteiger partial charge on any atom is 0.236 e. The lowest BCUT2D eigenvalue weighted by Crippen LogP contribution is -2.44. The van der Waals surface area contributed by atoms with E-state index < -0.39 is 17.7 Å². The summed E-state index contributed by atoms with van der Waals surface area (Å²) in [6.45, 7) is 8.07. The van der Waals surface area contributed by atoms with E-state index >= 15 is 0 Å². The van der Waals surface area contributed by atoms with Gasteiger partial charge in [0.2, 0.25) is 5.91 Å². The van der Waals surface area contributed by atoms with E-state index in [2.05, 4.69) is 10.6 Å². The Labute approximate surface area is 118 Å². The molecule has 2 N–H and O–H groups in total. The average Bonchev–Trinajstić information content (AvgIpc) is 2.35. The predicted molar refractivity (Wildman–Crippen MR) is 75.2 cm³/mol. The second-order valence-electron chi connectivity index (χ2n) is 5.41. The lowest BCUT2D eigenvalue weighted by Gasteiger charge is -2.21. The zero-order chi connectivity index (χ0) is 15.3. The Morgan fingerprint density at radius 2 is 1.85 bits per heavy atom. The fourth-order valence-electron chi connectivity index (χ4n) is 1.85. The molecule has 0 aliphatic carbocycles. The highest BCUT2D eigenvalue weighted by molar-refractivity contribution is 5.81. The van der Waals surface area contributed by atoms with E-state index in [0.717, 1.165) is 6.07 Å². The highest BCUT2D eigenvalue weighted by Crippen LogP contribution is 2.18. The molecule has 1 aromatic rings.